The van der Waals surface area contributed by atoms with Gasteiger partial charge < -0.3 is 15.5 Å². The van der Waals surface area contributed by atoms with E-state index in [9.17, 15) is 4.79 Å². The van der Waals surface area contributed by atoms with Gasteiger partial charge in [-0.05, 0) is 37.8 Å². The Hall–Kier alpha value is -1.08. The molecule has 8 heteroatoms. The molecule has 1 atom stereocenters. The van der Waals surface area contributed by atoms with Crippen molar-refractivity contribution in [3.8, 4) is 10.8 Å². The van der Waals surface area contributed by atoms with E-state index < -0.39 is 0 Å². The molecule has 1 unspecified atom stereocenters. The number of carbonyl (C=O) groups excluding carboxylic acids is 1. The van der Waals surface area contributed by atoms with Crippen molar-refractivity contribution >= 4 is 42.1 Å². The number of hydrogen-bond acceptors (Lipinski definition) is 5. The summed E-state index contributed by atoms with van der Waals surface area (Å²) in [6.07, 6.45) is 5.44. The molecule has 0 aliphatic heterocycles. The molecule has 3 N–H and O–H groups in total. The molecule has 0 bridgehead atoms. The van der Waals surface area contributed by atoms with Gasteiger partial charge in [-0.3, -0.25) is 4.79 Å². The molecule has 1 aliphatic rings. The Morgan fingerprint density at radius 2 is 2.27 bits per heavy atom. The van der Waals surface area contributed by atoms with E-state index >= 15 is 0 Å². The minimum atomic E-state index is -0.314. The third-order valence-electron chi connectivity index (χ3n) is 3.76. The molecule has 2 heterocycles. The first-order valence-corrected chi connectivity index (χ1v) is 7.46. The third kappa shape index (κ3) is 3.81. The van der Waals surface area contributed by atoms with Crippen molar-refractivity contribution in [3.05, 3.63) is 29.5 Å². The Labute approximate surface area is 145 Å². The minimum Gasteiger partial charge on any atom is -0.462 e. The van der Waals surface area contributed by atoms with E-state index in [1.54, 1.807) is 18.5 Å². The summed E-state index contributed by atoms with van der Waals surface area (Å²) >= 11 is 1.32. The Balaban J connectivity index is 0.00000121. The van der Waals surface area contributed by atoms with Gasteiger partial charge in [0.25, 0.3) is 5.91 Å². The summed E-state index contributed by atoms with van der Waals surface area (Å²) in [5, 5.41) is 3.77. The van der Waals surface area contributed by atoms with Gasteiger partial charge in [-0.2, -0.15) is 0 Å². The summed E-state index contributed by atoms with van der Waals surface area (Å²) in [6.45, 7) is 2.46. The first-order valence-electron chi connectivity index (χ1n) is 6.64. The van der Waals surface area contributed by atoms with Crippen LogP contribution in [-0.2, 0) is 0 Å². The number of rotatable bonds is 5. The highest BCUT2D eigenvalue weighted by Crippen LogP contribution is 2.39. The summed E-state index contributed by atoms with van der Waals surface area (Å²) in [5.74, 6) is 1.06. The monoisotopic (exact) mass is 363 g/mol. The lowest BCUT2D eigenvalue weighted by atomic mass is 9.96. The van der Waals surface area contributed by atoms with E-state index in [1.807, 2.05) is 13.0 Å². The second kappa shape index (κ2) is 7.46. The average molecular weight is 364 g/mol. The van der Waals surface area contributed by atoms with Crippen LogP contribution in [0.4, 0.5) is 0 Å². The van der Waals surface area contributed by atoms with Crippen molar-refractivity contribution in [1.82, 2.24) is 10.3 Å². The zero-order valence-electron chi connectivity index (χ0n) is 12.1. The smallest absolute Gasteiger partial charge is 0.263 e. The molecule has 0 radical (unpaired) electrons. The van der Waals surface area contributed by atoms with Gasteiger partial charge >= 0.3 is 0 Å². The van der Waals surface area contributed by atoms with Crippen molar-refractivity contribution in [1.29, 1.82) is 0 Å². The summed E-state index contributed by atoms with van der Waals surface area (Å²) in [6, 6.07) is 3.63. The van der Waals surface area contributed by atoms with Gasteiger partial charge in [0.05, 0.1) is 18.0 Å². The SMILES string of the molecule is CC(CN)(NC(=O)c1cnc(-c2ccco2)s1)C1CC1.Cl.Cl. The normalized spacial score (nSPS) is 16.1. The van der Waals surface area contributed by atoms with E-state index in [-0.39, 0.29) is 36.3 Å². The molecule has 1 fully saturated rings. The van der Waals surface area contributed by atoms with E-state index in [0.717, 1.165) is 12.8 Å². The number of furan rings is 1. The van der Waals surface area contributed by atoms with Crippen LogP contribution in [0.15, 0.2) is 29.0 Å². The Morgan fingerprint density at radius 3 is 2.82 bits per heavy atom. The molecule has 22 heavy (non-hydrogen) atoms. The second-order valence-corrected chi connectivity index (χ2v) is 6.39. The standard InChI is InChI=1S/C14H17N3O2S.2ClH/c1-14(8-15,9-4-5-9)17-12(18)11-7-16-13(20-11)10-3-2-6-19-10;;/h2-3,6-7,9H,4-5,8,15H2,1H3,(H,17,18);2*1H. The Bertz CT molecular complexity index is 613. The number of carbonyl (C=O) groups is 1. The largest absolute Gasteiger partial charge is 0.462 e. The second-order valence-electron chi connectivity index (χ2n) is 5.36. The molecule has 1 amide bonds. The van der Waals surface area contributed by atoms with E-state index in [4.69, 9.17) is 10.2 Å². The summed E-state index contributed by atoms with van der Waals surface area (Å²) in [5.41, 5.74) is 5.50. The first-order chi connectivity index (χ1) is 9.62. The minimum absolute atomic E-state index is 0. The fourth-order valence-corrected chi connectivity index (χ4v) is 3.03. The first kappa shape index (κ1) is 19.0. The van der Waals surface area contributed by atoms with E-state index in [2.05, 4.69) is 10.3 Å². The van der Waals surface area contributed by atoms with Gasteiger partial charge in [0.2, 0.25) is 0 Å². The fourth-order valence-electron chi connectivity index (χ4n) is 2.25. The topological polar surface area (TPSA) is 81.1 Å². The Morgan fingerprint density at radius 1 is 1.55 bits per heavy atom. The number of aromatic nitrogens is 1. The molecule has 5 nitrogen and oxygen atoms in total. The van der Waals surface area contributed by atoms with Crippen molar-refractivity contribution in [2.75, 3.05) is 6.54 Å². The van der Waals surface area contributed by atoms with Crippen LogP contribution in [0.2, 0.25) is 0 Å². The van der Waals surface area contributed by atoms with Crippen LogP contribution < -0.4 is 11.1 Å². The molecule has 1 saturated carbocycles. The molecule has 2 aromatic heterocycles. The van der Waals surface area contributed by atoms with E-state index in [0.29, 0.717) is 28.1 Å². The highest BCUT2D eigenvalue weighted by atomic mass is 35.5. The van der Waals surface area contributed by atoms with Gasteiger partial charge in [0.15, 0.2) is 10.8 Å². The maximum Gasteiger partial charge on any atom is 0.263 e. The van der Waals surface area contributed by atoms with Gasteiger partial charge in [-0.1, -0.05) is 0 Å². The molecular weight excluding hydrogens is 345 g/mol. The molecule has 0 spiro atoms. The predicted octanol–water partition coefficient (Wildman–Crippen LogP) is 3.10. The van der Waals surface area contributed by atoms with Crippen LogP contribution in [0.5, 0.6) is 0 Å². The lowest BCUT2D eigenvalue weighted by molar-refractivity contribution is 0.0902. The molecule has 1 aliphatic carbocycles. The highest BCUT2D eigenvalue weighted by molar-refractivity contribution is 7.16. The number of amides is 1. The molecular formula is C14H19Cl2N3O2S. The van der Waals surface area contributed by atoms with Gasteiger partial charge in [-0.15, -0.1) is 36.2 Å². The van der Waals surface area contributed by atoms with Crippen LogP contribution in [0.1, 0.15) is 29.4 Å². The van der Waals surface area contributed by atoms with Crippen LogP contribution in [0.25, 0.3) is 10.8 Å². The van der Waals surface area contributed by atoms with Gasteiger partial charge in [0, 0.05) is 6.54 Å². The Kier molecular flexibility index (Phi) is 6.43. The summed E-state index contributed by atoms with van der Waals surface area (Å²) in [4.78, 5) is 17.1. The third-order valence-corrected chi connectivity index (χ3v) is 4.77. The average Bonchev–Trinajstić information content (AvgIpc) is 2.97. The number of halogens is 2. The summed E-state index contributed by atoms with van der Waals surface area (Å²) < 4.78 is 5.28. The van der Waals surface area contributed by atoms with Crippen molar-refractivity contribution in [2.24, 2.45) is 11.7 Å². The zero-order chi connectivity index (χ0) is 14.2. The van der Waals surface area contributed by atoms with Crippen LogP contribution in [0, 0.1) is 5.92 Å². The predicted molar refractivity (Wildman–Crippen MR) is 92.0 cm³/mol. The summed E-state index contributed by atoms with van der Waals surface area (Å²) in [7, 11) is 0. The lowest BCUT2D eigenvalue weighted by Gasteiger charge is -2.29. The fraction of sp³-hybridized carbons (Fsp3) is 0.429. The van der Waals surface area contributed by atoms with Crippen molar-refractivity contribution in [3.63, 3.8) is 0 Å². The van der Waals surface area contributed by atoms with E-state index in [1.165, 1.54) is 11.3 Å². The highest BCUT2D eigenvalue weighted by Gasteiger charge is 2.41. The molecule has 3 rings (SSSR count). The molecule has 0 aromatic carbocycles. The van der Waals surface area contributed by atoms with Crippen LogP contribution >= 0.6 is 36.2 Å². The molecule has 0 saturated heterocycles. The van der Waals surface area contributed by atoms with Crippen molar-refractivity contribution in [2.45, 2.75) is 25.3 Å². The van der Waals surface area contributed by atoms with Crippen LogP contribution in [0.3, 0.4) is 0 Å². The maximum absolute atomic E-state index is 12.3. The molecule has 122 valence electrons. The number of thiazole rings is 1. The molecule has 2 aromatic rings. The lowest BCUT2D eigenvalue weighted by Crippen LogP contribution is -2.53. The number of nitrogens with zero attached hydrogens (tertiary/aromatic N) is 1. The van der Waals surface area contributed by atoms with Crippen molar-refractivity contribution < 1.29 is 9.21 Å². The van der Waals surface area contributed by atoms with Gasteiger partial charge in [-0.25, -0.2) is 4.98 Å². The maximum atomic E-state index is 12.3. The number of nitrogens with one attached hydrogen (secondary N) is 1. The quantitative estimate of drug-likeness (QED) is 0.854. The zero-order valence-corrected chi connectivity index (χ0v) is 14.5. The van der Waals surface area contributed by atoms with Crippen LogP contribution in [-0.4, -0.2) is 23.0 Å². The number of nitrogens with two attached hydrogens (primary N) is 1. The number of hydrogen-bond donors (Lipinski definition) is 2. The van der Waals surface area contributed by atoms with Gasteiger partial charge in [0.1, 0.15) is 4.88 Å².